The number of amides is 2. The number of hydrogen-bond donors (Lipinski definition) is 2. The molecule has 0 atom stereocenters. The lowest BCUT2D eigenvalue weighted by molar-refractivity contribution is -0.384. The van der Waals surface area contributed by atoms with E-state index >= 15 is 0 Å². The number of nitro benzene ring substituents is 1. The van der Waals surface area contributed by atoms with Gasteiger partial charge in [-0.3, -0.25) is 19.7 Å². The summed E-state index contributed by atoms with van der Waals surface area (Å²) in [4.78, 5) is 35.9. The highest BCUT2D eigenvalue weighted by Gasteiger charge is 2.18. The van der Waals surface area contributed by atoms with E-state index in [9.17, 15) is 19.7 Å². The molecule has 29 heavy (non-hydrogen) atoms. The van der Waals surface area contributed by atoms with Crippen LogP contribution in [0.4, 0.5) is 17.1 Å². The van der Waals surface area contributed by atoms with Crippen molar-refractivity contribution >= 4 is 28.9 Å². The van der Waals surface area contributed by atoms with Gasteiger partial charge in [-0.25, -0.2) is 0 Å². The zero-order valence-electron chi connectivity index (χ0n) is 15.9. The summed E-state index contributed by atoms with van der Waals surface area (Å²) in [6.07, 6.45) is 0. The van der Waals surface area contributed by atoms with Crippen molar-refractivity contribution in [2.75, 3.05) is 10.6 Å². The van der Waals surface area contributed by atoms with Gasteiger partial charge in [-0.15, -0.1) is 0 Å². The SMILES string of the molecule is Cc1cccc(NC(=O)c2ccccc2NC(=O)c2cc([N+](=O)[O-])ccc2C)c1. The van der Waals surface area contributed by atoms with Crippen LogP contribution in [-0.2, 0) is 0 Å². The van der Waals surface area contributed by atoms with Crippen LogP contribution in [0.15, 0.2) is 66.7 Å². The molecule has 3 rings (SSSR count). The van der Waals surface area contributed by atoms with Gasteiger partial charge < -0.3 is 10.6 Å². The van der Waals surface area contributed by atoms with E-state index in [-0.39, 0.29) is 22.7 Å². The van der Waals surface area contributed by atoms with Crippen LogP contribution in [0, 0.1) is 24.0 Å². The van der Waals surface area contributed by atoms with Gasteiger partial charge in [-0.2, -0.15) is 0 Å². The molecule has 146 valence electrons. The highest BCUT2D eigenvalue weighted by molar-refractivity contribution is 6.13. The molecule has 3 aromatic carbocycles. The first-order chi connectivity index (χ1) is 13.8. The van der Waals surface area contributed by atoms with E-state index in [1.165, 1.54) is 18.2 Å². The summed E-state index contributed by atoms with van der Waals surface area (Å²) in [6, 6.07) is 18.0. The van der Waals surface area contributed by atoms with Crippen LogP contribution in [0.3, 0.4) is 0 Å². The predicted molar refractivity (Wildman–Crippen MR) is 111 cm³/mol. The molecule has 0 bridgehead atoms. The van der Waals surface area contributed by atoms with Gasteiger partial charge in [0.15, 0.2) is 0 Å². The zero-order chi connectivity index (χ0) is 21.0. The molecule has 0 aliphatic heterocycles. The zero-order valence-corrected chi connectivity index (χ0v) is 15.9. The fraction of sp³-hybridized carbons (Fsp3) is 0.0909. The number of nitro groups is 1. The third-order valence-electron chi connectivity index (χ3n) is 4.37. The minimum Gasteiger partial charge on any atom is -0.322 e. The van der Waals surface area contributed by atoms with E-state index < -0.39 is 10.8 Å². The molecule has 0 radical (unpaired) electrons. The van der Waals surface area contributed by atoms with E-state index in [0.29, 0.717) is 16.9 Å². The Balaban J connectivity index is 1.86. The highest BCUT2D eigenvalue weighted by Crippen LogP contribution is 2.22. The minimum atomic E-state index is -0.556. The third-order valence-corrected chi connectivity index (χ3v) is 4.37. The van der Waals surface area contributed by atoms with Crippen molar-refractivity contribution in [3.63, 3.8) is 0 Å². The van der Waals surface area contributed by atoms with E-state index in [2.05, 4.69) is 10.6 Å². The van der Waals surface area contributed by atoms with Gasteiger partial charge in [-0.05, 0) is 49.2 Å². The summed E-state index contributed by atoms with van der Waals surface area (Å²) in [5, 5.41) is 16.5. The molecule has 0 spiro atoms. The molecule has 0 unspecified atom stereocenters. The quantitative estimate of drug-likeness (QED) is 0.487. The minimum absolute atomic E-state index is 0.174. The van der Waals surface area contributed by atoms with E-state index in [4.69, 9.17) is 0 Å². The molecule has 0 fully saturated rings. The van der Waals surface area contributed by atoms with Crippen LogP contribution < -0.4 is 10.6 Å². The van der Waals surface area contributed by atoms with Gasteiger partial charge in [0.05, 0.1) is 16.2 Å². The van der Waals surface area contributed by atoms with Crippen molar-refractivity contribution in [2.45, 2.75) is 13.8 Å². The van der Waals surface area contributed by atoms with Crippen LogP contribution in [0.2, 0.25) is 0 Å². The second-order valence-electron chi connectivity index (χ2n) is 6.58. The first-order valence-electron chi connectivity index (χ1n) is 8.88. The molecule has 0 aliphatic rings. The summed E-state index contributed by atoms with van der Waals surface area (Å²) in [7, 11) is 0. The molecule has 3 aromatic rings. The summed E-state index contributed by atoms with van der Waals surface area (Å²) in [5.74, 6) is -0.899. The fourth-order valence-corrected chi connectivity index (χ4v) is 2.87. The Bertz CT molecular complexity index is 1110. The average molecular weight is 389 g/mol. The molecule has 0 heterocycles. The van der Waals surface area contributed by atoms with Gasteiger partial charge in [-0.1, -0.05) is 30.3 Å². The second kappa shape index (κ2) is 8.35. The molecular weight excluding hydrogens is 370 g/mol. The fourth-order valence-electron chi connectivity index (χ4n) is 2.87. The number of nitrogens with one attached hydrogen (secondary N) is 2. The maximum atomic E-state index is 12.7. The summed E-state index contributed by atoms with van der Waals surface area (Å²) in [5.41, 5.74) is 2.84. The Hall–Kier alpha value is -4.00. The maximum absolute atomic E-state index is 12.7. The summed E-state index contributed by atoms with van der Waals surface area (Å²) < 4.78 is 0. The molecule has 2 N–H and O–H groups in total. The van der Waals surface area contributed by atoms with Gasteiger partial charge in [0.2, 0.25) is 0 Å². The Kier molecular flexibility index (Phi) is 5.69. The number of non-ortho nitro benzene ring substituents is 1. The number of benzene rings is 3. The van der Waals surface area contributed by atoms with Crippen molar-refractivity contribution in [3.8, 4) is 0 Å². The number of carbonyl (C=O) groups excluding carboxylic acids is 2. The van der Waals surface area contributed by atoms with Crippen molar-refractivity contribution < 1.29 is 14.5 Å². The van der Waals surface area contributed by atoms with Crippen molar-refractivity contribution in [1.29, 1.82) is 0 Å². The maximum Gasteiger partial charge on any atom is 0.270 e. The molecular formula is C22H19N3O4. The van der Waals surface area contributed by atoms with Gasteiger partial charge in [0.1, 0.15) is 0 Å². The van der Waals surface area contributed by atoms with Gasteiger partial charge >= 0.3 is 0 Å². The average Bonchev–Trinajstić information content (AvgIpc) is 2.68. The number of anilines is 2. The smallest absolute Gasteiger partial charge is 0.270 e. The van der Waals surface area contributed by atoms with Gasteiger partial charge in [0.25, 0.3) is 17.5 Å². The molecule has 7 nitrogen and oxygen atoms in total. The summed E-state index contributed by atoms with van der Waals surface area (Å²) in [6.45, 7) is 3.61. The highest BCUT2D eigenvalue weighted by atomic mass is 16.6. The lowest BCUT2D eigenvalue weighted by atomic mass is 10.1. The first kappa shape index (κ1) is 19.8. The van der Waals surface area contributed by atoms with Crippen molar-refractivity contribution in [2.24, 2.45) is 0 Å². The Morgan fingerprint density at radius 2 is 1.55 bits per heavy atom. The van der Waals surface area contributed by atoms with E-state index in [0.717, 1.165) is 5.56 Å². The van der Waals surface area contributed by atoms with E-state index in [1.54, 1.807) is 37.3 Å². The molecule has 2 amide bonds. The molecule has 0 aliphatic carbocycles. The monoisotopic (exact) mass is 389 g/mol. The predicted octanol–water partition coefficient (Wildman–Crippen LogP) is 4.72. The van der Waals surface area contributed by atoms with Crippen LogP contribution in [0.25, 0.3) is 0 Å². The topological polar surface area (TPSA) is 101 Å². The lowest BCUT2D eigenvalue weighted by Gasteiger charge is -2.12. The number of hydrogen-bond acceptors (Lipinski definition) is 4. The van der Waals surface area contributed by atoms with Crippen molar-refractivity contribution in [1.82, 2.24) is 0 Å². The van der Waals surface area contributed by atoms with Crippen LogP contribution >= 0.6 is 0 Å². The molecule has 0 saturated heterocycles. The second-order valence-corrected chi connectivity index (χ2v) is 6.58. The number of carbonyl (C=O) groups is 2. The Labute approximate surface area is 167 Å². The van der Waals surface area contributed by atoms with Crippen LogP contribution in [0.5, 0.6) is 0 Å². The van der Waals surface area contributed by atoms with E-state index in [1.807, 2.05) is 25.1 Å². The largest absolute Gasteiger partial charge is 0.322 e. The Morgan fingerprint density at radius 1 is 0.828 bits per heavy atom. The summed E-state index contributed by atoms with van der Waals surface area (Å²) >= 11 is 0. The molecule has 0 saturated carbocycles. The molecule has 0 aromatic heterocycles. The van der Waals surface area contributed by atoms with Crippen molar-refractivity contribution in [3.05, 3.63) is 99.1 Å². The Morgan fingerprint density at radius 3 is 2.28 bits per heavy atom. The number of para-hydroxylation sites is 1. The third kappa shape index (κ3) is 4.65. The van der Waals surface area contributed by atoms with Crippen LogP contribution in [-0.4, -0.2) is 16.7 Å². The number of aryl methyl sites for hydroxylation is 2. The van der Waals surface area contributed by atoms with Crippen LogP contribution in [0.1, 0.15) is 31.8 Å². The number of rotatable bonds is 5. The first-order valence-corrected chi connectivity index (χ1v) is 8.88. The number of nitrogens with zero attached hydrogens (tertiary/aromatic N) is 1. The molecule has 7 heteroatoms. The van der Waals surface area contributed by atoms with Gasteiger partial charge in [0, 0.05) is 23.4 Å². The standard InChI is InChI=1S/C22H19N3O4/c1-14-6-5-7-16(12-14)23-21(26)18-8-3-4-9-20(18)24-22(27)19-13-17(25(28)29)11-10-15(19)2/h3-13H,1-2H3,(H,23,26)(H,24,27). The normalized spacial score (nSPS) is 10.3. The lowest BCUT2D eigenvalue weighted by Crippen LogP contribution is -2.19.